The number of esters is 1. The van der Waals surface area contributed by atoms with Gasteiger partial charge in [-0.25, -0.2) is 9.18 Å². The third-order valence-corrected chi connectivity index (χ3v) is 2.99. The first-order valence-electron chi connectivity index (χ1n) is 6.19. The third-order valence-electron chi connectivity index (χ3n) is 2.69. The van der Waals surface area contributed by atoms with Crippen molar-refractivity contribution in [3.63, 3.8) is 0 Å². The minimum Gasteiger partial charge on any atom is -0.467 e. The van der Waals surface area contributed by atoms with Crippen LogP contribution < -0.4 is 5.32 Å². The molecule has 0 radical (unpaired) electrons. The highest BCUT2D eigenvalue weighted by Gasteiger charge is 2.24. The summed E-state index contributed by atoms with van der Waals surface area (Å²) < 4.78 is 18.4. The van der Waals surface area contributed by atoms with E-state index in [1.54, 1.807) is 0 Å². The number of carbonyl (C=O) groups is 2. The smallest absolute Gasteiger partial charge is 0.328 e. The van der Waals surface area contributed by atoms with Crippen molar-refractivity contribution in [2.24, 2.45) is 5.92 Å². The second kappa shape index (κ2) is 7.24. The number of hydrogen-bond acceptors (Lipinski definition) is 3. The number of rotatable bonds is 5. The molecule has 1 amide bonds. The van der Waals surface area contributed by atoms with Crippen molar-refractivity contribution in [3.05, 3.63) is 34.6 Å². The third kappa shape index (κ3) is 4.20. The molecule has 6 heteroatoms. The van der Waals surface area contributed by atoms with Crippen molar-refractivity contribution in [3.8, 4) is 0 Å². The number of nitrogens with one attached hydrogen (secondary N) is 1. The molecule has 0 saturated heterocycles. The van der Waals surface area contributed by atoms with E-state index in [-0.39, 0.29) is 16.5 Å². The van der Waals surface area contributed by atoms with E-state index in [1.807, 2.05) is 13.8 Å². The van der Waals surface area contributed by atoms with Crippen LogP contribution >= 0.6 is 11.6 Å². The first kappa shape index (κ1) is 16.4. The van der Waals surface area contributed by atoms with Crippen LogP contribution in [0, 0.1) is 11.7 Å². The highest BCUT2D eigenvalue weighted by Crippen LogP contribution is 2.18. The minimum atomic E-state index is -0.814. The molecule has 1 atom stereocenters. The van der Waals surface area contributed by atoms with Crippen molar-refractivity contribution >= 4 is 23.5 Å². The highest BCUT2D eigenvalue weighted by atomic mass is 35.5. The lowest BCUT2D eigenvalue weighted by atomic mass is 10.0. The summed E-state index contributed by atoms with van der Waals surface area (Å²) in [5.41, 5.74) is -0.199. The zero-order valence-electron chi connectivity index (χ0n) is 11.6. The molecule has 0 aliphatic carbocycles. The molecule has 0 aliphatic heterocycles. The summed E-state index contributed by atoms with van der Waals surface area (Å²) in [6.07, 6.45) is 0.403. The molecular weight excluding hydrogens is 285 g/mol. The number of benzene rings is 1. The number of carbonyl (C=O) groups excluding carboxylic acids is 2. The summed E-state index contributed by atoms with van der Waals surface area (Å²) in [7, 11) is 1.24. The molecule has 0 bridgehead atoms. The van der Waals surface area contributed by atoms with Crippen molar-refractivity contribution < 1.29 is 18.7 Å². The van der Waals surface area contributed by atoms with Crippen molar-refractivity contribution in [1.82, 2.24) is 5.32 Å². The lowest BCUT2D eigenvalue weighted by molar-refractivity contribution is -0.143. The minimum absolute atomic E-state index is 0.142. The van der Waals surface area contributed by atoms with Gasteiger partial charge in [-0.2, -0.15) is 0 Å². The molecule has 0 fully saturated rings. The summed E-state index contributed by atoms with van der Waals surface area (Å²) >= 11 is 5.62. The lowest BCUT2D eigenvalue weighted by Gasteiger charge is -2.18. The van der Waals surface area contributed by atoms with Gasteiger partial charge in [0.1, 0.15) is 6.04 Å². The monoisotopic (exact) mass is 301 g/mol. The van der Waals surface area contributed by atoms with E-state index in [1.165, 1.54) is 25.3 Å². The van der Waals surface area contributed by atoms with Crippen LogP contribution in [-0.4, -0.2) is 25.0 Å². The van der Waals surface area contributed by atoms with E-state index < -0.39 is 23.7 Å². The Morgan fingerprint density at radius 3 is 2.60 bits per heavy atom. The Labute approximate surface area is 122 Å². The molecular formula is C14H17ClFNO3. The predicted octanol–water partition coefficient (Wildman–Crippen LogP) is 2.80. The maximum Gasteiger partial charge on any atom is 0.328 e. The summed E-state index contributed by atoms with van der Waals surface area (Å²) in [6, 6.07) is 3.31. The molecule has 1 aromatic rings. The predicted molar refractivity (Wildman–Crippen MR) is 74.1 cm³/mol. The first-order chi connectivity index (χ1) is 9.36. The van der Waals surface area contributed by atoms with Gasteiger partial charge in [0.15, 0.2) is 5.82 Å². The lowest BCUT2D eigenvalue weighted by Crippen LogP contribution is -2.42. The highest BCUT2D eigenvalue weighted by molar-refractivity contribution is 6.31. The van der Waals surface area contributed by atoms with E-state index >= 15 is 0 Å². The van der Waals surface area contributed by atoms with E-state index in [2.05, 4.69) is 10.1 Å². The molecule has 0 aromatic heterocycles. The molecule has 1 aromatic carbocycles. The number of methoxy groups -OCH3 is 1. The quantitative estimate of drug-likeness (QED) is 0.851. The second-order valence-electron chi connectivity index (χ2n) is 4.78. The molecule has 0 spiro atoms. The van der Waals surface area contributed by atoms with Crippen molar-refractivity contribution in [2.45, 2.75) is 26.3 Å². The van der Waals surface area contributed by atoms with E-state index in [0.29, 0.717) is 6.42 Å². The van der Waals surface area contributed by atoms with E-state index in [9.17, 15) is 14.0 Å². The average molecular weight is 302 g/mol. The summed E-state index contributed by atoms with van der Waals surface area (Å²) in [4.78, 5) is 23.6. The van der Waals surface area contributed by atoms with Gasteiger partial charge in [0.2, 0.25) is 0 Å². The van der Waals surface area contributed by atoms with Gasteiger partial charge in [-0.3, -0.25) is 4.79 Å². The van der Waals surface area contributed by atoms with Gasteiger partial charge in [-0.15, -0.1) is 0 Å². The van der Waals surface area contributed by atoms with Crippen LogP contribution in [0.1, 0.15) is 30.6 Å². The largest absolute Gasteiger partial charge is 0.467 e. The fourth-order valence-electron chi connectivity index (χ4n) is 1.74. The van der Waals surface area contributed by atoms with Crippen LogP contribution in [0.5, 0.6) is 0 Å². The van der Waals surface area contributed by atoms with Gasteiger partial charge >= 0.3 is 5.97 Å². The summed E-state index contributed by atoms with van der Waals surface area (Å²) in [5.74, 6) is -1.89. The van der Waals surface area contributed by atoms with E-state index in [0.717, 1.165) is 0 Å². The average Bonchev–Trinajstić information content (AvgIpc) is 2.39. The second-order valence-corrected chi connectivity index (χ2v) is 5.19. The van der Waals surface area contributed by atoms with Crippen LogP contribution in [-0.2, 0) is 9.53 Å². The van der Waals surface area contributed by atoms with Crippen LogP contribution in [0.25, 0.3) is 0 Å². The normalized spacial score (nSPS) is 12.1. The van der Waals surface area contributed by atoms with Gasteiger partial charge in [-0.05, 0) is 24.5 Å². The van der Waals surface area contributed by atoms with Crippen molar-refractivity contribution in [1.29, 1.82) is 0 Å². The molecule has 1 unspecified atom stereocenters. The van der Waals surface area contributed by atoms with Crippen molar-refractivity contribution in [2.75, 3.05) is 7.11 Å². The molecule has 20 heavy (non-hydrogen) atoms. The van der Waals surface area contributed by atoms with Gasteiger partial charge < -0.3 is 10.1 Å². The van der Waals surface area contributed by atoms with Crippen LogP contribution in [0.4, 0.5) is 4.39 Å². The Morgan fingerprint density at radius 1 is 1.40 bits per heavy atom. The summed E-state index contributed by atoms with van der Waals surface area (Å²) in [5, 5.41) is 2.33. The van der Waals surface area contributed by atoms with Crippen LogP contribution in [0.3, 0.4) is 0 Å². The standard InChI is InChI=1S/C14H17ClFNO3/c1-8(2)7-11(14(19)20-3)17-13(18)9-5-4-6-10(15)12(9)16/h4-6,8,11H,7H2,1-3H3,(H,17,18). The SMILES string of the molecule is COC(=O)C(CC(C)C)NC(=O)c1cccc(Cl)c1F. The Bertz CT molecular complexity index is 505. The molecule has 1 rings (SSSR count). The number of amides is 1. The topological polar surface area (TPSA) is 55.4 Å². The Balaban J connectivity index is 2.90. The molecule has 110 valence electrons. The first-order valence-corrected chi connectivity index (χ1v) is 6.57. The Hall–Kier alpha value is -1.62. The van der Waals surface area contributed by atoms with Crippen LogP contribution in [0.15, 0.2) is 18.2 Å². The number of halogens is 2. The van der Waals surface area contributed by atoms with Gasteiger partial charge in [0.25, 0.3) is 5.91 Å². The number of ether oxygens (including phenoxy) is 1. The van der Waals surface area contributed by atoms with Gasteiger partial charge in [0.05, 0.1) is 17.7 Å². The Morgan fingerprint density at radius 2 is 2.05 bits per heavy atom. The molecule has 0 saturated carbocycles. The summed E-state index contributed by atoms with van der Waals surface area (Å²) in [6.45, 7) is 3.81. The fraction of sp³-hybridized carbons (Fsp3) is 0.429. The van der Waals surface area contributed by atoms with Crippen LogP contribution in [0.2, 0.25) is 5.02 Å². The fourth-order valence-corrected chi connectivity index (χ4v) is 1.92. The molecule has 0 aliphatic rings. The molecule has 1 N–H and O–H groups in total. The Kier molecular flexibility index (Phi) is 5.95. The zero-order chi connectivity index (χ0) is 15.3. The molecule has 4 nitrogen and oxygen atoms in total. The zero-order valence-corrected chi connectivity index (χ0v) is 12.3. The molecule has 0 heterocycles. The number of hydrogen-bond donors (Lipinski definition) is 1. The van der Waals surface area contributed by atoms with E-state index in [4.69, 9.17) is 11.6 Å². The maximum absolute atomic E-state index is 13.7. The van der Waals surface area contributed by atoms with Gasteiger partial charge in [-0.1, -0.05) is 31.5 Å². The maximum atomic E-state index is 13.7. The van der Waals surface area contributed by atoms with Gasteiger partial charge in [0, 0.05) is 0 Å².